The summed E-state index contributed by atoms with van der Waals surface area (Å²) in [5.41, 5.74) is 0. The van der Waals surface area contributed by atoms with Crippen molar-refractivity contribution >= 4 is 16.0 Å². The van der Waals surface area contributed by atoms with E-state index < -0.39 is 16.0 Å². The molecule has 0 amide bonds. The van der Waals surface area contributed by atoms with Crippen LogP contribution >= 0.6 is 0 Å². The molecular weight excluding hydrogens is 232 g/mol. The SMILES string of the molecule is C[C@H]1CN(C)[C@H](CC(=O)O)CN1S(C)(=O)=O. The van der Waals surface area contributed by atoms with Gasteiger partial charge in [-0.25, -0.2) is 8.42 Å². The zero-order valence-corrected chi connectivity index (χ0v) is 10.6. The minimum atomic E-state index is -3.25. The molecule has 1 fully saturated rings. The van der Waals surface area contributed by atoms with Gasteiger partial charge < -0.3 is 5.11 Å². The lowest BCUT2D eigenvalue weighted by Crippen LogP contribution is -2.57. The first-order valence-corrected chi connectivity index (χ1v) is 6.95. The van der Waals surface area contributed by atoms with Crippen molar-refractivity contribution in [1.29, 1.82) is 0 Å². The van der Waals surface area contributed by atoms with Gasteiger partial charge in [-0.1, -0.05) is 0 Å². The molecule has 1 N–H and O–H groups in total. The Hall–Kier alpha value is -0.660. The van der Waals surface area contributed by atoms with Crippen LogP contribution in [-0.4, -0.2) is 67.2 Å². The van der Waals surface area contributed by atoms with Gasteiger partial charge in [0.05, 0.1) is 12.7 Å². The van der Waals surface area contributed by atoms with Crippen LogP contribution in [0.25, 0.3) is 0 Å². The molecule has 1 rings (SSSR count). The number of carboxylic acids is 1. The number of sulfonamides is 1. The highest BCUT2D eigenvalue weighted by Gasteiger charge is 2.35. The summed E-state index contributed by atoms with van der Waals surface area (Å²) in [5, 5.41) is 8.74. The largest absolute Gasteiger partial charge is 0.481 e. The summed E-state index contributed by atoms with van der Waals surface area (Å²) in [6, 6.07) is -0.353. The Labute approximate surface area is 95.9 Å². The normalized spacial score (nSPS) is 29.2. The minimum Gasteiger partial charge on any atom is -0.481 e. The van der Waals surface area contributed by atoms with Crippen molar-refractivity contribution in [3.63, 3.8) is 0 Å². The molecular formula is C9H18N2O4S. The van der Waals surface area contributed by atoms with Crippen molar-refractivity contribution in [1.82, 2.24) is 9.21 Å². The second kappa shape index (κ2) is 4.68. The number of carboxylic acid groups (broad SMARTS) is 1. The molecule has 7 heteroatoms. The Morgan fingerprint density at radius 1 is 1.44 bits per heavy atom. The maximum absolute atomic E-state index is 11.5. The predicted molar refractivity (Wildman–Crippen MR) is 59.7 cm³/mol. The topological polar surface area (TPSA) is 77.9 Å². The Balaban J connectivity index is 2.80. The highest BCUT2D eigenvalue weighted by molar-refractivity contribution is 7.88. The molecule has 0 aliphatic carbocycles. The van der Waals surface area contributed by atoms with E-state index >= 15 is 0 Å². The molecule has 1 heterocycles. The van der Waals surface area contributed by atoms with E-state index in [1.54, 1.807) is 0 Å². The third-order valence-corrected chi connectivity index (χ3v) is 4.26. The predicted octanol–water partition coefficient (Wildman–Crippen LogP) is -0.575. The van der Waals surface area contributed by atoms with Crippen LogP contribution < -0.4 is 0 Å². The number of likely N-dealkylation sites (N-methyl/N-ethyl adjacent to an activating group) is 1. The first-order valence-electron chi connectivity index (χ1n) is 5.10. The monoisotopic (exact) mass is 250 g/mol. The third kappa shape index (κ3) is 3.16. The maximum Gasteiger partial charge on any atom is 0.304 e. The number of hydrogen-bond donors (Lipinski definition) is 1. The summed E-state index contributed by atoms with van der Waals surface area (Å²) >= 11 is 0. The summed E-state index contributed by atoms with van der Waals surface area (Å²) in [7, 11) is -1.43. The van der Waals surface area contributed by atoms with Gasteiger partial charge in [-0.05, 0) is 14.0 Å². The molecule has 0 unspecified atom stereocenters. The quantitative estimate of drug-likeness (QED) is 0.725. The number of rotatable bonds is 3. The van der Waals surface area contributed by atoms with Crippen LogP contribution in [0, 0.1) is 0 Å². The van der Waals surface area contributed by atoms with Gasteiger partial charge in [0.15, 0.2) is 0 Å². The fourth-order valence-corrected chi connectivity index (χ4v) is 3.23. The number of hydrogen-bond acceptors (Lipinski definition) is 4. The molecule has 0 saturated carbocycles. The summed E-state index contributed by atoms with van der Waals surface area (Å²) < 4.78 is 24.4. The molecule has 0 aromatic heterocycles. The Morgan fingerprint density at radius 2 is 2.00 bits per heavy atom. The van der Waals surface area contributed by atoms with Gasteiger partial charge in [0.25, 0.3) is 0 Å². The molecule has 6 nitrogen and oxygen atoms in total. The van der Waals surface area contributed by atoms with Crippen LogP contribution in [-0.2, 0) is 14.8 Å². The summed E-state index contributed by atoms with van der Waals surface area (Å²) in [6.07, 6.45) is 1.13. The average molecular weight is 250 g/mol. The molecule has 0 aromatic carbocycles. The number of nitrogens with zero attached hydrogens (tertiary/aromatic N) is 2. The second-order valence-corrected chi connectivity index (χ2v) is 6.31. The average Bonchev–Trinajstić information content (AvgIpc) is 2.06. The maximum atomic E-state index is 11.5. The molecule has 0 bridgehead atoms. The molecule has 2 atom stereocenters. The Morgan fingerprint density at radius 3 is 2.44 bits per heavy atom. The fourth-order valence-electron chi connectivity index (χ4n) is 2.07. The highest BCUT2D eigenvalue weighted by atomic mass is 32.2. The lowest BCUT2D eigenvalue weighted by Gasteiger charge is -2.41. The molecule has 1 saturated heterocycles. The van der Waals surface area contributed by atoms with E-state index in [0.717, 1.165) is 6.26 Å². The summed E-state index contributed by atoms with van der Waals surface area (Å²) in [6.45, 7) is 2.64. The lowest BCUT2D eigenvalue weighted by molar-refractivity contribution is -0.138. The van der Waals surface area contributed by atoms with Crippen LogP contribution in [0.2, 0.25) is 0 Å². The van der Waals surface area contributed by atoms with Gasteiger partial charge >= 0.3 is 5.97 Å². The van der Waals surface area contributed by atoms with E-state index in [4.69, 9.17) is 5.11 Å². The Bertz CT molecular complexity index is 368. The molecule has 1 aliphatic rings. The minimum absolute atomic E-state index is 0.0325. The standard InChI is InChI=1S/C9H18N2O4S/c1-7-5-10(2)8(4-9(12)13)6-11(7)16(3,14)15/h7-8H,4-6H2,1-3H3,(H,12,13)/t7-,8+/m0/s1. The van der Waals surface area contributed by atoms with Crippen LogP contribution in [0.3, 0.4) is 0 Å². The van der Waals surface area contributed by atoms with Gasteiger partial charge in [0, 0.05) is 25.2 Å². The Kier molecular flexibility index (Phi) is 3.92. The molecule has 16 heavy (non-hydrogen) atoms. The second-order valence-electron chi connectivity index (χ2n) is 4.37. The molecule has 0 radical (unpaired) electrons. The van der Waals surface area contributed by atoms with Crippen LogP contribution in [0.1, 0.15) is 13.3 Å². The molecule has 1 aliphatic heterocycles. The van der Waals surface area contributed by atoms with Gasteiger partial charge in [-0.15, -0.1) is 0 Å². The third-order valence-electron chi connectivity index (χ3n) is 2.89. The van der Waals surface area contributed by atoms with Crippen molar-refractivity contribution in [2.24, 2.45) is 0 Å². The van der Waals surface area contributed by atoms with E-state index in [2.05, 4.69) is 0 Å². The van der Waals surface area contributed by atoms with Crippen molar-refractivity contribution in [2.75, 3.05) is 26.4 Å². The zero-order chi connectivity index (χ0) is 12.5. The fraction of sp³-hybridized carbons (Fsp3) is 0.889. The summed E-state index contributed by atoms with van der Waals surface area (Å²) in [4.78, 5) is 12.6. The summed E-state index contributed by atoms with van der Waals surface area (Å²) in [5.74, 6) is -0.903. The van der Waals surface area contributed by atoms with Crippen molar-refractivity contribution < 1.29 is 18.3 Å². The number of aliphatic carboxylic acids is 1. The number of carbonyl (C=O) groups is 1. The van der Waals surface area contributed by atoms with Gasteiger partial charge in [-0.3, -0.25) is 9.69 Å². The smallest absolute Gasteiger partial charge is 0.304 e. The van der Waals surface area contributed by atoms with Crippen LogP contribution in [0.5, 0.6) is 0 Å². The number of piperazine rings is 1. The zero-order valence-electron chi connectivity index (χ0n) is 9.75. The van der Waals surface area contributed by atoms with Crippen molar-refractivity contribution in [2.45, 2.75) is 25.4 Å². The molecule has 94 valence electrons. The first kappa shape index (κ1) is 13.4. The van der Waals surface area contributed by atoms with E-state index in [1.807, 2.05) is 18.9 Å². The molecule has 0 aromatic rings. The van der Waals surface area contributed by atoms with E-state index in [0.29, 0.717) is 6.54 Å². The van der Waals surface area contributed by atoms with Crippen molar-refractivity contribution in [3.05, 3.63) is 0 Å². The van der Waals surface area contributed by atoms with Crippen LogP contribution in [0.15, 0.2) is 0 Å². The highest BCUT2D eigenvalue weighted by Crippen LogP contribution is 2.18. The van der Waals surface area contributed by atoms with Gasteiger partial charge in [0.2, 0.25) is 10.0 Å². The van der Waals surface area contributed by atoms with Crippen molar-refractivity contribution in [3.8, 4) is 0 Å². The van der Waals surface area contributed by atoms with E-state index in [9.17, 15) is 13.2 Å². The van der Waals surface area contributed by atoms with E-state index in [1.165, 1.54) is 4.31 Å². The molecule has 0 spiro atoms. The van der Waals surface area contributed by atoms with Gasteiger partial charge in [0.1, 0.15) is 0 Å². The van der Waals surface area contributed by atoms with Gasteiger partial charge in [-0.2, -0.15) is 4.31 Å². The lowest BCUT2D eigenvalue weighted by atomic mass is 10.1. The first-order chi connectivity index (χ1) is 7.21. The van der Waals surface area contributed by atoms with E-state index in [-0.39, 0.29) is 25.0 Å². The van der Waals surface area contributed by atoms with Crippen LogP contribution in [0.4, 0.5) is 0 Å².